The third-order valence-electron chi connectivity index (χ3n) is 7.47. The van der Waals surface area contributed by atoms with Crippen LogP contribution in [0.1, 0.15) is 59.6 Å². The molecule has 2 N–H and O–H groups in total. The van der Waals surface area contributed by atoms with Crippen LogP contribution in [0.3, 0.4) is 0 Å². The van der Waals surface area contributed by atoms with E-state index >= 15 is 0 Å². The Kier molecular flexibility index (Phi) is 10.7. The van der Waals surface area contributed by atoms with Crippen LogP contribution in [0.5, 0.6) is 0 Å². The second-order valence-corrected chi connectivity index (χ2v) is 10.1. The summed E-state index contributed by atoms with van der Waals surface area (Å²) in [5, 5.41) is 13.5. The molecule has 0 heterocycles. The molecule has 3 aromatic carbocycles. The van der Waals surface area contributed by atoms with Crippen LogP contribution >= 0.6 is 12.4 Å². The van der Waals surface area contributed by atoms with Gasteiger partial charge in [-0.1, -0.05) is 60.7 Å². The molecule has 0 spiro atoms. The standard InChI is InChI=1S/C30H31F6NO2.ClH/c31-29(32,33)24-15-22(16-25(17-24)30(34,35)36)27(19-38)39-20-28(23-9-5-2-6-10-23)13-11-26(12-14-28)37-18-21-7-3-1-4-8-21;/h1-10,15-17,26-27,37-38H,11-14,18-20H2;1H. The van der Waals surface area contributed by atoms with E-state index in [2.05, 4.69) is 5.32 Å². The largest absolute Gasteiger partial charge is 0.416 e. The summed E-state index contributed by atoms with van der Waals surface area (Å²) in [6.07, 6.45) is -8.26. The number of alkyl halides is 6. The zero-order valence-electron chi connectivity index (χ0n) is 21.6. The van der Waals surface area contributed by atoms with E-state index in [0.717, 1.165) is 24.9 Å². The van der Waals surface area contributed by atoms with Crippen LogP contribution in [-0.2, 0) is 29.0 Å². The van der Waals surface area contributed by atoms with Gasteiger partial charge in [0.25, 0.3) is 0 Å². The lowest BCUT2D eigenvalue weighted by atomic mass is 9.68. The highest BCUT2D eigenvalue weighted by Gasteiger charge is 2.40. The number of nitrogens with one attached hydrogen (secondary N) is 1. The van der Waals surface area contributed by atoms with Crippen molar-refractivity contribution in [1.29, 1.82) is 0 Å². The molecule has 1 unspecified atom stereocenters. The van der Waals surface area contributed by atoms with Gasteiger partial charge in [0.05, 0.1) is 24.3 Å². The number of hydrogen-bond acceptors (Lipinski definition) is 3. The molecule has 1 atom stereocenters. The Labute approximate surface area is 236 Å². The molecule has 3 nitrogen and oxygen atoms in total. The van der Waals surface area contributed by atoms with E-state index in [9.17, 15) is 31.4 Å². The van der Waals surface area contributed by atoms with Crippen LogP contribution in [0.25, 0.3) is 0 Å². The van der Waals surface area contributed by atoms with Gasteiger partial charge in [0, 0.05) is 18.0 Å². The van der Waals surface area contributed by atoms with E-state index in [1.165, 1.54) is 5.56 Å². The van der Waals surface area contributed by atoms with Crippen LogP contribution in [0.4, 0.5) is 26.3 Å². The molecule has 1 saturated carbocycles. The zero-order valence-corrected chi connectivity index (χ0v) is 22.5. The van der Waals surface area contributed by atoms with Gasteiger partial charge in [0.2, 0.25) is 0 Å². The summed E-state index contributed by atoms with van der Waals surface area (Å²) >= 11 is 0. The average molecular weight is 588 g/mol. The van der Waals surface area contributed by atoms with Crippen molar-refractivity contribution < 1.29 is 36.2 Å². The van der Waals surface area contributed by atoms with Gasteiger partial charge in [-0.05, 0) is 60.6 Å². The first kappa shape index (κ1) is 31.9. The molecular weight excluding hydrogens is 556 g/mol. The van der Waals surface area contributed by atoms with Crippen molar-refractivity contribution in [2.75, 3.05) is 13.2 Å². The molecule has 1 aliphatic rings. The summed E-state index contributed by atoms with van der Waals surface area (Å²) in [5.41, 5.74) is -1.56. The normalized spacial score (nSPS) is 20.5. The van der Waals surface area contributed by atoms with E-state index in [1.54, 1.807) is 0 Å². The molecule has 0 bridgehead atoms. The molecule has 10 heteroatoms. The Morgan fingerprint density at radius 2 is 1.35 bits per heavy atom. The number of halogens is 7. The van der Waals surface area contributed by atoms with Crippen LogP contribution in [-0.4, -0.2) is 24.4 Å². The predicted molar refractivity (Wildman–Crippen MR) is 143 cm³/mol. The van der Waals surface area contributed by atoms with E-state index in [0.29, 0.717) is 25.0 Å². The third kappa shape index (κ3) is 8.00. The molecule has 1 fully saturated rings. The smallest absolute Gasteiger partial charge is 0.393 e. The van der Waals surface area contributed by atoms with Crippen molar-refractivity contribution in [3.05, 3.63) is 107 Å². The summed E-state index contributed by atoms with van der Waals surface area (Å²) in [4.78, 5) is 0. The first-order valence-corrected chi connectivity index (χ1v) is 12.8. The first-order chi connectivity index (χ1) is 18.5. The fourth-order valence-corrected chi connectivity index (χ4v) is 5.22. The van der Waals surface area contributed by atoms with Crippen LogP contribution in [0.2, 0.25) is 0 Å². The number of ether oxygens (including phenoxy) is 1. The maximum absolute atomic E-state index is 13.4. The minimum atomic E-state index is -4.98. The Morgan fingerprint density at radius 3 is 1.85 bits per heavy atom. The summed E-state index contributed by atoms with van der Waals surface area (Å²) < 4.78 is 86.3. The molecule has 0 amide bonds. The van der Waals surface area contributed by atoms with Gasteiger partial charge < -0.3 is 15.2 Å². The highest BCUT2D eigenvalue weighted by Crippen LogP contribution is 2.42. The number of aliphatic hydroxyl groups is 1. The van der Waals surface area contributed by atoms with E-state index in [1.807, 2.05) is 60.7 Å². The predicted octanol–water partition coefficient (Wildman–Crippen LogP) is 7.87. The number of hydrogen-bond donors (Lipinski definition) is 2. The van der Waals surface area contributed by atoms with E-state index in [4.69, 9.17) is 4.74 Å². The van der Waals surface area contributed by atoms with Crippen LogP contribution < -0.4 is 5.32 Å². The highest BCUT2D eigenvalue weighted by atomic mass is 35.5. The van der Waals surface area contributed by atoms with Crippen LogP contribution in [0.15, 0.2) is 78.9 Å². The highest BCUT2D eigenvalue weighted by molar-refractivity contribution is 5.85. The fourth-order valence-electron chi connectivity index (χ4n) is 5.22. The van der Waals surface area contributed by atoms with Crippen molar-refractivity contribution in [2.24, 2.45) is 0 Å². The number of rotatable bonds is 9. The minimum absolute atomic E-state index is 0. The van der Waals surface area contributed by atoms with Gasteiger partial charge >= 0.3 is 12.4 Å². The summed E-state index contributed by atoms with van der Waals surface area (Å²) in [6.45, 7) is 0.0139. The van der Waals surface area contributed by atoms with Gasteiger partial charge in [-0.2, -0.15) is 26.3 Å². The quantitative estimate of drug-likeness (QED) is 0.250. The van der Waals surface area contributed by atoms with E-state index < -0.39 is 41.6 Å². The molecule has 40 heavy (non-hydrogen) atoms. The SMILES string of the molecule is Cl.OCC(OCC1(c2ccccc2)CCC(NCc2ccccc2)CC1)c1cc(C(F)(F)F)cc(C(F)(F)F)c1. The monoisotopic (exact) mass is 587 g/mol. The van der Waals surface area contributed by atoms with Gasteiger partial charge in [-0.3, -0.25) is 0 Å². The number of benzene rings is 3. The average Bonchev–Trinajstić information content (AvgIpc) is 2.93. The van der Waals surface area contributed by atoms with Crippen molar-refractivity contribution in [3.8, 4) is 0 Å². The van der Waals surface area contributed by atoms with Crippen molar-refractivity contribution in [1.82, 2.24) is 5.32 Å². The minimum Gasteiger partial charge on any atom is -0.393 e. The molecule has 1 aliphatic carbocycles. The lowest BCUT2D eigenvalue weighted by Gasteiger charge is -2.41. The van der Waals surface area contributed by atoms with Crippen molar-refractivity contribution in [2.45, 2.75) is 62.1 Å². The van der Waals surface area contributed by atoms with Gasteiger partial charge in [0.15, 0.2) is 0 Å². The van der Waals surface area contributed by atoms with Gasteiger partial charge in [0.1, 0.15) is 6.10 Å². The molecule has 0 radical (unpaired) electrons. The summed E-state index contributed by atoms with van der Waals surface area (Å²) in [7, 11) is 0. The zero-order chi connectivity index (χ0) is 28.1. The lowest BCUT2D eigenvalue weighted by Crippen LogP contribution is -2.42. The molecule has 3 aromatic rings. The van der Waals surface area contributed by atoms with E-state index in [-0.39, 0.29) is 36.7 Å². The maximum atomic E-state index is 13.4. The Morgan fingerprint density at radius 1 is 0.825 bits per heavy atom. The summed E-state index contributed by atoms with van der Waals surface area (Å²) in [5.74, 6) is 0. The van der Waals surface area contributed by atoms with Crippen molar-refractivity contribution >= 4 is 12.4 Å². The molecule has 0 aliphatic heterocycles. The lowest BCUT2D eigenvalue weighted by molar-refractivity contribution is -0.143. The van der Waals surface area contributed by atoms with Gasteiger partial charge in [-0.15, -0.1) is 12.4 Å². The Hall–Kier alpha value is -2.59. The second-order valence-electron chi connectivity index (χ2n) is 10.1. The topological polar surface area (TPSA) is 41.5 Å². The molecule has 0 aromatic heterocycles. The first-order valence-electron chi connectivity index (χ1n) is 12.8. The third-order valence-corrected chi connectivity index (χ3v) is 7.47. The Bertz CT molecular complexity index is 1160. The molecule has 218 valence electrons. The fraction of sp³-hybridized carbons (Fsp3) is 0.400. The number of aliphatic hydroxyl groups excluding tert-OH is 1. The Balaban J connectivity index is 0.00000441. The summed E-state index contributed by atoms with van der Waals surface area (Å²) in [6, 6.07) is 21.2. The van der Waals surface area contributed by atoms with Crippen molar-refractivity contribution in [3.63, 3.8) is 0 Å². The van der Waals surface area contributed by atoms with Gasteiger partial charge in [-0.25, -0.2) is 0 Å². The van der Waals surface area contributed by atoms with Crippen LogP contribution in [0, 0.1) is 0 Å². The maximum Gasteiger partial charge on any atom is 0.416 e. The second kappa shape index (κ2) is 13.4. The molecule has 4 rings (SSSR count). The molecular formula is C30H32ClF6NO2. The molecule has 0 saturated heterocycles.